The van der Waals surface area contributed by atoms with Gasteiger partial charge in [-0.3, -0.25) is 9.69 Å². The van der Waals surface area contributed by atoms with Gasteiger partial charge in [0.2, 0.25) is 0 Å². The molecule has 1 aliphatic heterocycles. The SMILES string of the molecule is COc1cccc(C(=O)N[C@@H]2C[C@@H](Oc3cccc(F)c3)[C@H](O)[C@H]2N2CCCC2)c1. The Bertz CT molecular complexity index is 887. The second-order valence-electron chi connectivity index (χ2n) is 7.89. The molecule has 1 amide bonds. The highest BCUT2D eigenvalue weighted by atomic mass is 19.1. The van der Waals surface area contributed by atoms with Crippen molar-refractivity contribution in [2.75, 3.05) is 20.2 Å². The van der Waals surface area contributed by atoms with Crippen molar-refractivity contribution in [2.24, 2.45) is 0 Å². The second-order valence-corrected chi connectivity index (χ2v) is 7.89. The average Bonchev–Trinajstić information content (AvgIpc) is 3.36. The smallest absolute Gasteiger partial charge is 0.251 e. The van der Waals surface area contributed by atoms with Crippen LogP contribution in [0, 0.1) is 5.82 Å². The number of carbonyl (C=O) groups excluding carboxylic acids is 1. The van der Waals surface area contributed by atoms with Crippen LogP contribution in [-0.2, 0) is 0 Å². The summed E-state index contributed by atoms with van der Waals surface area (Å²) < 4.78 is 24.7. The lowest BCUT2D eigenvalue weighted by Crippen LogP contribution is -2.52. The molecule has 160 valence electrons. The zero-order valence-corrected chi connectivity index (χ0v) is 17.0. The number of halogens is 1. The quantitative estimate of drug-likeness (QED) is 0.761. The Labute approximate surface area is 175 Å². The number of hydrogen-bond donors (Lipinski definition) is 2. The van der Waals surface area contributed by atoms with Crippen LogP contribution in [0.1, 0.15) is 29.6 Å². The zero-order chi connectivity index (χ0) is 21.1. The number of hydrogen-bond acceptors (Lipinski definition) is 5. The first kappa shape index (κ1) is 20.6. The molecule has 1 heterocycles. The molecule has 0 unspecified atom stereocenters. The molecule has 1 saturated heterocycles. The van der Waals surface area contributed by atoms with Crippen molar-refractivity contribution in [3.63, 3.8) is 0 Å². The number of carbonyl (C=O) groups is 1. The lowest BCUT2D eigenvalue weighted by Gasteiger charge is -2.32. The first-order chi connectivity index (χ1) is 14.5. The van der Waals surface area contributed by atoms with Gasteiger partial charge in [0.05, 0.1) is 19.2 Å². The first-order valence-electron chi connectivity index (χ1n) is 10.3. The minimum absolute atomic E-state index is 0.221. The molecule has 1 saturated carbocycles. The van der Waals surface area contributed by atoms with Crippen LogP contribution in [0.25, 0.3) is 0 Å². The second kappa shape index (κ2) is 9.02. The van der Waals surface area contributed by atoms with E-state index in [-0.39, 0.29) is 23.8 Å². The maximum atomic E-state index is 13.5. The van der Waals surface area contributed by atoms with Gasteiger partial charge < -0.3 is 19.9 Å². The number of ether oxygens (including phenoxy) is 2. The van der Waals surface area contributed by atoms with Crippen LogP contribution < -0.4 is 14.8 Å². The molecular formula is C23H27FN2O4. The maximum absolute atomic E-state index is 13.5. The van der Waals surface area contributed by atoms with Gasteiger partial charge in [0.15, 0.2) is 0 Å². The third kappa shape index (κ3) is 4.42. The summed E-state index contributed by atoms with van der Waals surface area (Å²) in [6.45, 7) is 1.75. The summed E-state index contributed by atoms with van der Waals surface area (Å²) in [5.74, 6) is 0.372. The average molecular weight is 414 g/mol. The minimum atomic E-state index is -0.790. The highest BCUT2D eigenvalue weighted by Gasteiger charge is 2.47. The van der Waals surface area contributed by atoms with Crippen LogP contribution in [0.4, 0.5) is 4.39 Å². The highest BCUT2D eigenvalue weighted by Crippen LogP contribution is 2.31. The number of nitrogens with zero attached hydrogens (tertiary/aromatic N) is 1. The molecule has 2 fully saturated rings. The van der Waals surface area contributed by atoms with E-state index in [1.54, 1.807) is 43.5 Å². The van der Waals surface area contributed by atoms with E-state index < -0.39 is 12.2 Å². The van der Waals surface area contributed by atoms with Crippen molar-refractivity contribution in [3.05, 3.63) is 59.9 Å². The van der Waals surface area contributed by atoms with E-state index in [9.17, 15) is 14.3 Å². The number of aliphatic hydroxyl groups is 1. The van der Waals surface area contributed by atoms with Gasteiger partial charge in [-0.05, 0) is 56.3 Å². The van der Waals surface area contributed by atoms with Crippen molar-refractivity contribution in [1.82, 2.24) is 10.2 Å². The van der Waals surface area contributed by atoms with Crippen LogP contribution in [0.3, 0.4) is 0 Å². The Morgan fingerprint density at radius 3 is 2.60 bits per heavy atom. The molecule has 1 aliphatic carbocycles. The summed E-state index contributed by atoms with van der Waals surface area (Å²) in [5.41, 5.74) is 0.499. The molecule has 4 atom stereocenters. The van der Waals surface area contributed by atoms with Crippen LogP contribution >= 0.6 is 0 Å². The number of methoxy groups -OCH3 is 1. The molecular weight excluding hydrogens is 387 g/mol. The Balaban J connectivity index is 1.52. The van der Waals surface area contributed by atoms with Gasteiger partial charge in [-0.15, -0.1) is 0 Å². The summed E-state index contributed by atoms with van der Waals surface area (Å²) >= 11 is 0. The van der Waals surface area contributed by atoms with Gasteiger partial charge in [-0.1, -0.05) is 12.1 Å². The maximum Gasteiger partial charge on any atom is 0.251 e. The lowest BCUT2D eigenvalue weighted by atomic mass is 10.1. The highest BCUT2D eigenvalue weighted by molar-refractivity contribution is 5.94. The molecule has 0 radical (unpaired) electrons. The van der Waals surface area contributed by atoms with Crippen molar-refractivity contribution in [2.45, 2.75) is 43.6 Å². The lowest BCUT2D eigenvalue weighted by molar-refractivity contribution is 0.0138. The molecule has 7 heteroatoms. The molecule has 2 aliphatic rings. The largest absolute Gasteiger partial charge is 0.497 e. The number of aliphatic hydroxyl groups excluding tert-OH is 1. The monoisotopic (exact) mass is 414 g/mol. The summed E-state index contributed by atoms with van der Waals surface area (Å²) in [6.07, 6.45) is 1.24. The van der Waals surface area contributed by atoms with E-state index >= 15 is 0 Å². The van der Waals surface area contributed by atoms with Gasteiger partial charge >= 0.3 is 0 Å². The molecule has 0 spiro atoms. The van der Waals surface area contributed by atoms with Crippen LogP contribution in [-0.4, -0.2) is 60.4 Å². The van der Waals surface area contributed by atoms with Crippen molar-refractivity contribution in [3.8, 4) is 11.5 Å². The van der Waals surface area contributed by atoms with Gasteiger partial charge in [0.25, 0.3) is 5.91 Å². The van der Waals surface area contributed by atoms with E-state index in [4.69, 9.17) is 9.47 Å². The number of rotatable bonds is 6. The van der Waals surface area contributed by atoms with Gasteiger partial charge in [0, 0.05) is 18.1 Å². The molecule has 6 nitrogen and oxygen atoms in total. The minimum Gasteiger partial charge on any atom is -0.497 e. The van der Waals surface area contributed by atoms with E-state index in [2.05, 4.69) is 10.2 Å². The molecule has 0 bridgehead atoms. The fourth-order valence-electron chi connectivity index (χ4n) is 4.49. The third-order valence-corrected chi connectivity index (χ3v) is 5.92. The van der Waals surface area contributed by atoms with Gasteiger partial charge in [0.1, 0.15) is 29.5 Å². The van der Waals surface area contributed by atoms with E-state index in [1.807, 2.05) is 0 Å². The topological polar surface area (TPSA) is 71.0 Å². The molecule has 2 aromatic rings. The van der Waals surface area contributed by atoms with Gasteiger partial charge in [-0.2, -0.15) is 0 Å². The summed E-state index contributed by atoms with van der Waals surface area (Å²) in [7, 11) is 1.56. The predicted octanol–water partition coefficient (Wildman–Crippen LogP) is 2.61. The number of amides is 1. The first-order valence-corrected chi connectivity index (χ1v) is 10.3. The van der Waals surface area contributed by atoms with Gasteiger partial charge in [-0.25, -0.2) is 4.39 Å². The Kier molecular flexibility index (Phi) is 6.20. The molecule has 2 N–H and O–H groups in total. The zero-order valence-electron chi connectivity index (χ0n) is 17.0. The number of nitrogens with one attached hydrogen (secondary N) is 1. The summed E-state index contributed by atoms with van der Waals surface area (Å²) in [5, 5.41) is 14.1. The fourth-order valence-corrected chi connectivity index (χ4v) is 4.49. The Hall–Kier alpha value is -2.64. The molecule has 30 heavy (non-hydrogen) atoms. The van der Waals surface area contributed by atoms with E-state index in [0.29, 0.717) is 23.5 Å². The van der Waals surface area contributed by atoms with Crippen molar-refractivity contribution in [1.29, 1.82) is 0 Å². The van der Waals surface area contributed by atoms with Crippen LogP contribution in [0.2, 0.25) is 0 Å². The normalized spacial score (nSPS) is 26.5. The van der Waals surface area contributed by atoms with Crippen molar-refractivity contribution < 1.29 is 23.8 Å². The van der Waals surface area contributed by atoms with Crippen LogP contribution in [0.5, 0.6) is 11.5 Å². The summed E-state index contributed by atoms with van der Waals surface area (Å²) in [4.78, 5) is 15.1. The van der Waals surface area contributed by atoms with Crippen molar-refractivity contribution >= 4 is 5.91 Å². The molecule has 2 aromatic carbocycles. The molecule has 4 rings (SSSR count). The van der Waals surface area contributed by atoms with E-state index in [1.165, 1.54) is 12.1 Å². The summed E-state index contributed by atoms with van der Waals surface area (Å²) in [6, 6.07) is 12.3. The Morgan fingerprint density at radius 2 is 1.87 bits per heavy atom. The standard InChI is InChI=1S/C23H27FN2O4/c1-29-17-8-4-6-15(12-17)23(28)25-19-14-20(30-18-9-5-7-16(24)13-18)22(27)21(19)26-10-2-3-11-26/h4-9,12-13,19-22,27H,2-3,10-11,14H2,1H3,(H,25,28)/t19-,20-,21+,22+/m1/s1. The predicted molar refractivity (Wildman–Crippen MR) is 110 cm³/mol. The third-order valence-electron chi connectivity index (χ3n) is 5.92. The van der Waals surface area contributed by atoms with Crippen LogP contribution in [0.15, 0.2) is 48.5 Å². The number of likely N-dealkylation sites (tertiary alicyclic amines) is 1. The number of benzene rings is 2. The molecule has 0 aromatic heterocycles. The fraction of sp³-hybridized carbons (Fsp3) is 0.435. The van der Waals surface area contributed by atoms with E-state index in [0.717, 1.165) is 25.9 Å². The Morgan fingerprint density at radius 1 is 1.13 bits per heavy atom.